The third-order valence-electron chi connectivity index (χ3n) is 2.82. The van der Waals surface area contributed by atoms with Crippen molar-refractivity contribution >= 4 is 28.3 Å². The summed E-state index contributed by atoms with van der Waals surface area (Å²) < 4.78 is 5.24. The maximum Gasteiger partial charge on any atom is 0.341 e. The molecule has 2 rings (SSSR count). The number of benzene rings is 1. The highest BCUT2D eigenvalue weighted by Crippen LogP contribution is 2.25. The number of nitrogens with one attached hydrogen (secondary N) is 1. The summed E-state index contributed by atoms with van der Waals surface area (Å²) in [5.74, 6) is -1.45. The molecule has 0 saturated heterocycles. The van der Waals surface area contributed by atoms with Crippen LogP contribution in [-0.4, -0.2) is 23.1 Å². The lowest BCUT2D eigenvalue weighted by Gasteiger charge is -2.11. The van der Waals surface area contributed by atoms with Gasteiger partial charge in [-0.3, -0.25) is 4.79 Å². The van der Waals surface area contributed by atoms with Gasteiger partial charge in [0, 0.05) is 0 Å². The van der Waals surface area contributed by atoms with E-state index >= 15 is 0 Å². The summed E-state index contributed by atoms with van der Waals surface area (Å²) in [6.45, 7) is 1.70. The monoisotopic (exact) mass is 305 g/mol. The van der Waals surface area contributed by atoms with E-state index in [0.29, 0.717) is 10.6 Å². The van der Waals surface area contributed by atoms with Crippen molar-refractivity contribution in [3.05, 3.63) is 52.9 Å². The lowest BCUT2D eigenvalue weighted by molar-refractivity contribution is -0.137. The highest BCUT2D eigenvalue weighted by Gasteiger charge is 2.18. The van der Waals surface area contributed by atoms with Gasteiger partial charge < -0.3 is 15.2 Å². The topological polar surface area (TPSA) is 75.6 Å². The summed E-state index contributed by atoms with van der Waals surface area (Å²) in [6.07, 6.45) is 0. The summed E-state index contributed by atoms with van der Waals surface area (Å²) in [5.41, 5.74) is 1.25. The van der Waals surface area contributed by atoms with E-state index in [2.05, 4.69) is 5.32 Å². The molecule has 0 aliphatic carbocycles. The molecule has 0 amide bonds. The lowest BCUT2D eigenvalue weighted by Crippen LogP contribution is -2.25. The molecule has 0 fully saturated rings. The van der Waals surface area contributed by atoms with Crippen molar-refractivity contribution in [1.29, 1.82) is 0 Å². The molecular weight excluding hydrogens is 290 g/mol. The quantitative estimate of drug-likeness (QED) is 0.802. The Labute approximate surface area is 126 Å². The number of carboxylic acid groups (broad SMARTS) is 1. The van der Waals surface area contributed by atoms with Crippen LogP contribution in [0.5, 0.6) is 0 Å². The molecule has 0 aliphatic rings. The molecule has 2 aromatic rings. The number of aliphatic carboxylic acids is 1. The van der Waals surface area contributed by atoms with E-state index in [1.54, 1.807) is 11.4 Å². The zero-order chi connectivity index (χ0) is 15.2. The third-order valence-corrected chi connectivity index (χ3v) is 3.66. The second-order valence-electron chi connectivity index (χ2n) is 4.43. The molecule has 0 bridgehead atoms. The van der Waals surface area contributed by atoms with Crippen molar-refractivity contribution in [3.63, 3.8) is 0 Å². The van der Waals surface area contributed by atoms with E-state index < -0.39 is 18.0 Å². The Kier molecular flexibility index (Phi) is 4.94. The SMILES string of the molecule is C[C@H](Nc1sccc1C(=O)OCc1ccccc1)C(=O)O. The van der Waals surface area contributed by atoms with Crippen LogP contribution in [0.25, 0.3) is 0 Å². The summed E-state index contributed by atoms with van der Waals surface area (Å²) >= 11 is 1.27. The van der Waals surface area contributed by atoms with Crippen LogP contribution in [-0.2, 0) is 16.1 Å². The van der Waals surface area contributed by atoms with E-state index in [4.69, 9.17) is 9.84 Å². The average Bonchev–Trinajstić information content (AvgIpc) is 2.94. The van der Waals surface area contributed by atoms with Crippen molar-refractivity contribution in [1.82, 2.24) is 0 Å². The number of hydrogen-bond donors (Lipinski definition) is 2. The first kappa shape index (κ1) is 15.1. The maximum atomic E-state index is 12.0. The molecule has 0 radical (unpaired) electrons. The Balaban J connectivity index is 2.00. The minimum atomic E-state index is -0.980. The molecule has 0 spiro atoms. The van der Waals surface area contributed by atoms with Gasteiger partial charge in [0.05, 0.1) is 5.56 Å². The van der Waals surface area contributed by atoms with E-state index in [1.807, 2.05) is 30.3 Å². The van der Waals surface area contributed by atoms with Gasteiger partial charge in [-0.15, -0.1) is 11.3 Å². The average molecular weight is 305 g/mol. The van der Waals surface area contributed by atoms with Gasteiger partial charge in [0.1, 0.15) is 17.6 Å². The molecule has 110 valence electrons. The zero-order valence-electron chi connectivity index (χ0n) is 11.4. The number of anilines is 1. The van der Waals surface area contributed by atoms with Crippen LogP contribution in [0.15, 0.2) is 41.8 Å². The molecule has 1 heterocycles. The molecule has 6 heteroatoms. The first-order valence-corrected chi connectivity index (χ1v) is 7.24. The Morgan fingerprint density at radius 2 is 2.00 bits per heavy atom. The van der Waals surface area contributed by atoms with Crippen molar-refractivity contribution in [3.8, 4) is 0 Å². The maximum absolute atomic E-state index is 12.0. The number of thiophene rings is 1. The van der Waals surface area contributed by atoms with Crippen LogP contribution in [0.1, 0.15) is 22.8 Å². The molecule has 5 nitrogen and oxygen atoms in total. The Bertz CT molecular complexity index is 624. The van der Waals surface area contributed by atoms with Crippen molar-refractivity contribution in [2.45, 2.75) is 19.6 Å². The van der Waals surface area contributed by atoms with Crippen LogP contribution in [0.4, 0.5) is 5.00 Å². The first-order chi connectivity index (χ1) is 10.1. The van der Waals surface area contributed by atoms with Crippen LogP contribution in [0.3, 0.4) is 0 Å². The van der Waals surface area contributed by atoms with E-state index in [-0.39, 0.29) is 6.61 Å². The fourth-order valence-electron chi connectivity index (χ4n) is 1.64. The molecule has 2 N–H and O–H groups in total. The fraction of sp³-hybridized carbons (Fsp3) is 0.200. The zero-order valence-corrected chi connectivity index (χ0v) is 12.2. The smallest absolute Gasteiger partial charge is 0.341 e. The van der Waals surface area contributed by atoms with Crippen LogP contribution in [0, 0.1) is 0 Å². The predicted octanol–water partition coefficient (Wildman–Crippen LogP) is 2.99. The van der Waals surface area contributed by atoms with Crippen molar-refractivity contribution in [2.75, 3.05) is 5.32 Å². The molecular formula is C15H15NO4S. The van der Waals surface area contributed by atoms with Gasteiger partial charge in [0.15, 0.2) is 0 Å². The van der Waals surface area contributed by atoms with Gasteiger partial charge in [-0.1, -0.05) is 30.3 Å². The van der Waals surface area contributed by atoms with Gasteiger partial charge in [-0.2, -0.15) is 0 Å². The van der Waals surface area contributed by atoms with Gasteiger partial charge in [0.2, 0.25) is 0 Å². The third kappa shape index (κ3) is 4.06. The van der Waals surface area contributed by atoms with E-state index in [0.717, 1.165) is 5.56 Å². The number of carbonyl (C=O) groups excluding carboxylic acids is 1. The van der Waals surface area contributed by atoms with Crippen molar-refractivity contribution in [2.24, 2.45) is 0 Å². The number of hydrogen-bond acceptors (Lipinski definition) is 5. The number of carbonyl (C=O) groups is 2. The second-order valence-corrected chi connectivity index (χ2v) is 5.35. The molecule has 21 heavy (non-hydrogen) atoms. The molecule has 0 saturated carbocycles. The molecule has 0 aliphatic heterocycles. The summed E-state index contributed by atoms with van der Waals surface area (Å²) in [4.78, 5) is 22.9. The van der Waals surface area contributed by atoms with Crippen molar-refractivity contribution < 1.29 is 19.4 Å². The van der Waals surface area contributed by atoms with Crippen LogP contribution < -0.4 is 5.32 Å². The summed E-state index contributed by atoms with van der Waals surface area (Å²) in [6, 6.07) is 10.2. The van der Waals surface area contributed by atoms with Gasteiger partial charge >= 0.3 is 11.9 Å². The van der Waals surface area contributed by atoms with E-state index in [9.17, 15) is 9.59 Å². The Morgan fingerprint density at radius 3 is 2.67 bits per heavy atom. The number of esters is 1. The van der Waals surface area contributed by atoms with E-state index in [1.165, 1.54) is 18.3 Å². The predicted molar refractivity (Wildman–Crippen MR) is 80.6 cm³/mol. The minimum Gasteiger partial charge on any atom is -0.480 e. The van der Waals surface area contributed by atoms with Gasteiger partial charge in [-0.05, 0) is 23.9 Å². The Hall–Kier alpha value is -2.34. The number of ether oxygens (including phenoxy) is 1. The van der Waals surface area contributed by atoms with Crippen LogP contribution in [0.2, 0.25) is 0 Å². The largest absolute Gasteiger partial charge is 0.480 e. The van der Waals surface area contributed by atoms with Gasteiger partial charge in [-0.25, -0.2) is 4.79 Å². The standard InChI is InChI=1S/C15H15NO4S/c1-10(14(17)18)16-13-12(7-8-21-13)15(19)20-9-11-5-3-2-4-6-11/h2-8,10,16H,9H2,1H3,(H,17,18)/t10-/m0/s1. The lowest BCUT2D eigenvalue weighted by atomic mass is 10.2. The van der Waals surface area contributed by atoms with Gasteiger partial charge in [0.25, 0.3) is 0 Å². The highest BCUT2D eigenvalue weighted by molar-refractivity contribution is 7.14. The normalized spacial score (nSPS) is 11.7. The fourth-order valence-corrected chi connectivity index (χ4v) is 2.50. The first-order valence-electron chi connectivity index (χ1n) is 6.36. The highest BCUT2D eigenvalue weighted by atomic mass is 32.1. The molecule has 0 unspecified atom stereocenters. The second kappa shape index (κ2) is 6.90. The Morgan fingerprint density at radius 1 is 1.29 bits per heavy atom. The molecule has 1 aromatic carbocycles. The number of carboxylic acids is 1. The number of rotatable bonds is 6. The minimum absolute atomic E-state index is 0.184. The molecule has 1 aromatic heterocycles. The van der Waals surface area contributed by atoms with Crippen LogP contribution >= 0.6 is 11.3 Å². The summed E-state index contributed by atoms with van der Waals surface area (Å²) in [5, 5.41) is 13.9. The molecule has 1 atom stereocenters. The summed E-state index contributed by atoms with van der Waals surface area (Å²) in [7, 11) is 0.